The summed E-state index contributed by atoms with van der Waals surface area (Å²) in [5.74, 6) is 1.41. The van der Waals surface area contributed by atoms with Crippen molar-refractivity contribution in [2.45, 2.75) is 45.4 Å². The van der Waals surface area contributed by atoms with Gasteiger partial charge < -0.3 is 5.73 Å². The Morgan fingerprint density at radius 3 is 2.69 bits per heavy atom. The van der Waals surface area contributed by atoms with Crippen LogP contribution in [0.15, 0.2) is 0 Å². The lowest BCUT2D eigenvalue weighted by Crippen LogP contribution is -2.20. The number of rotatable bonds is 6. The van der Waals surface area contributed by atoms with Gasteiger partial charge in [0.2, 0.25) is 0 Å². The summed E-state index contributed by atoms with van der Waals surface area (Å²) in [6.45, 7) is 2.75. The van der Waals surface area contributed by atoms with Gasteiger partial charge in [0, 0.05) is 12.3 Å². The molecule has 0 saturated heterocycles. The van der Waals surface area contributed by atoms with Crippen LogP contribution in [0.4, 0.5) is 0 Å². The molecule has 2 heteroatoms. The summed E-state index contributed by atoms with van der Waals surface area (Å²) in [5.41, 5.74) is 5.40. The summed E-state index contributed by atoms with van der Waals surface area (Å²) in [4.78, 5) is 11.6. The molecule has 76 valence electrons. The van der Waals surface area contributed by atoms with Gasteiger partial charge in [0.25, 0.3) is 0 Å². The van der Waals surface area contributed by atoms with Crippen molar-refractivity contribution < 1.29 is 4.79 Å². The maximum Gasteiger partial charge on any atom is 0.135 e. The molecule has 2 N–H and O–H groups in total. The van der Waals surface area contributed by atoms with Crippen LogP contribution in [0.5, 0.6) is 0 Å². The number of hydrogen-bond donors (Lipinski definition) is 1. The molecule has 0 amide bonds. The van der Waals surface area contributed by atoms with E-state index < -0.39 is 0 Å². The molecule has 1 rings (SSSR count). The van der Waals surface area contributed by atoms with Crippen LogP contribution < -0.4 is 5.73 Å². The average molecular weight is 183 g/mol. The Morgan fingerprint density at radius 2 is 2.23 bits per heavy atom. The van der Waals surface area contributed by atoms with E-state index in [4.69, 9.17) is 5.73 Å². The van der Waals surface area contributed by atoms with Crippen LogP contribution in [0, 0.1) is 11.8 Å². The third-order valence-corrected chi connectivity index (χ3v) is 3.11. The van der Waals surface area contributed by atoms with Gasteiger partial charge in [-0.2, -0.15) is 0 Å². The van der Waals surface area contributed by atoms with Crippen molar-refractivity contribution >= 4 is 5.78 Å². The Hall–Kier alpha value is -0.370. The molecule has 0 aromatic heterocycles. The minimum atomic E-state index is 0.240. The molecule has 0 aromatic carbocycles. The summed E-state index contributed by atoms with van der Waals surface area (Å²) < 4.78 is 0. The Labute approximate surface area is 80.9 Å². The molecule has 1 atom stereocenters. The van der Waals surface area contributed by atoms with Crippen LogP contribution in [-0.4, -0.2) is 12.3 Å². The Morgan fingerprint density at radius 1 is 1.54 bits per heavy atom. The third-order valence-electron chi connectivity index (χ3n) is 3.11. The van der Waals surface area contributed by atoms with Crippen LogP contribution in [0.1, 0.15) is 45.4 Å². The molecule has 0 bridgehead atoms. The monoisotopic (exact) mass is 183 g/mol. The second-order valence-electron chi connectivity index (χ2n) is 4.30. The zero-order valence-corrected chi connectivity index (χ0v) is 8.59. The molecule has 0 heterocycles. The number of hydrogen-bond acceptors (Lipinski definition) is 2. The van der Waals surface area contributed by atoms with E-state index in [1.807, 2.05) is 6.92 Å². The van der Waals surface area contributed by atoms with Gasteiger partial charge in [-0.3, -0.25) is 4.79 Å². The van der Waals surface area contributed by atoms with Crippen molar-refractivity contribution in [3.8, 4) is 0 Å². The first-order chi connectivity index (χ1) is 6.24. The Kier molecular flexibility index (Phi) is 4.43. The van der Waals surface area contributed by atoms with Crippen molar-refractivity contribution in [2.75, 3.05) is 6.54 Å². The molecular weight excluding hydrogens is 162 g/mol. The summed E-state index contributed by atoms with van der Waals surface area (Å²) in [7, 11) is 0. The number of carbonyl (C=O) groups is 1. The molecule has 1 aliphatic rings. The molecule has 1 saturated carbocycles. The molecule has 13 heavy (non-hydrogen) atoms. The molecule has 1 aliphatic carbocycles. The van der Waals surface area contributed by atoms with Crippen LogP contribution in [-0.2, 0) is 4.79 Å². The van der Waals surface area contributed by atoms with E-state index in [-0.39, 0.29) is 5.92 Å². The minimum Gasteiger partial charge on any atom is -0.330 e. The van der Waals surface area contributed by atoms with Crippen molar-refractivity contribution in [1.29, 1.82) is 0 Å². The Bertz CT molecular complexity index is 163. The summed E-state index contributed by atoms with van der Waals surface area (Å²) in [5, 5.41) is 0. The third kappa shape index (κ3) is 3.47. The molecule has 2 nitrogen and oxygen atoms in total. The van der Waals surface area contributed by atoms with E-state index in [0.29, 0.717) is 18.2 Å². The fourth-order valence-electron chi connectivity index (χ4n) is 1.77. The molecular formula is C11H21NO. The van der Waals surface area contributed by atoms with E-state index in [2.05, 4.69) is 0 Å². The van der Waals surface area contributed by atoms with E-state index in [0.717, 1.165) is 19.3 Å². The van der Waals surface area contributed by atoms with Gasteiger partial charge in [-0.05, 0) is 25.3 Å². The Balaban J connectivity index is 2.13. The SMILES string of the molecule is CC(CCCN)C(=O)CC1CCC1. The van der Waals surface area contributed by atoms with Gasteiger partial charge in [0.05, 0.1) is 0 Å². The second-order valence-corrected chi connectivity index (χ2v) is 4.30. The standard InChI is InChI=1S/C11H21NO/c1-9(4-3-7-12)11(13)8-10-5-2-6-10/h9-10H,2-8,12H2,1H3. The first-order valence-electron chi connectivity index (χ1n) is 5.46. The maximum atomic E-state index is 11.6. The fraction of sp³-hybridized carbons (Fsp3) is 0.909. The summed E-state index contributed by atoms with van der Waals surface area (Å²) in [6.07, 6.45) is 6.66. The fourth-order valence-corrected chi connectivity index (χ4v) is 1.77. The van der Waals surface area contributed by atoms with Gasteiger partial charge in [-0.25, -0.2) is 0 Å². The van der Waals surface area contributed by atoms with E-state index >= 15 is 0 Å². The molecule has 0 aromatic rings. The van der Waals surface area contributed by atoms with Crippen molar-refractivity contribution in [3.05, 3.63) is 0 Å². The molecule has 0 spiro atoms. The van der Waals surface area contributed by atoms with Crippen molar-refractivity contribution in [2.24, 2.45) is 17.6 Å². The first-order valence-corrected chi connectivity index (χ1v) is 5.46. The van der Waals surface area contributed by atoms with Crippen molar-refractivity contribution in [3.63, 3.8) is 0 Å². The largest absolute Gasteiger partial charge is 0.330 e. The predicted molar refractivity (Wildman–Crippen MR) is 54.4 cm³/mol. The first kappa shape index (κ1) is 10.7. The van der Waals surface area contributed by atoms with Gasteiger partial charge in [-0.15, -0.1) is 0 Å². The number of ketones is 1. The van der Waals surface area contributed by atoms with Gasteiger partial charge in [-0.1, -0.05) is 26.2 Å². The molecule has 1 unspecified atom stereocenters. The zero-order valence-electron chi connectivity index (χ0n) is 8.59. The van der Waals surface area contributed by atoms with Gasteiger partial charge in [0.15, 0.2) is 0 Å². The molecule has 1 fully saturated rings. The van der Waals surface area contributed by atoms with Crippen LogP contribution in [0.25, 0.3) is 0 Å². The highest BCUT2D eigenvalue weighted by atomic mass is 16.1. The number of nitrogens with two attached hydrogens (primary N) is 1. The lowest BCUT2D eigenvalue weighted by Gasteiger charge is -2.25. The van der Waals surface area contributed by atoms with E-state index in [9.17, 15) is 4.79 Å². The number of carbonyl (C=O) groups excluding carboxylic acids is 1. The highest BCUT2D eigenvalue weighted by molar-refractivity contribution is 5.80. The normalized spacial score (nSPS) is 19.5. The smallest absolute Gasteiger partial charge is 0.135 e. The lowest BCUT2D eigenvalue weighted by molar-refractivity contribution is -0.124. The predicted octanol–water partition coefficient (Wildman–Crippen LogP) is 2.12. The molecule has 0 radical (unpaired) electrons. The lowest BCUT2D eigenvalue weighted by atomic mass is 9.79. The number of Topliss-reactive ketones (excluding diaryl/α,β-unsaturated/α-hetero) is 1. The highest BCUT2D eigenvalue weighted by Gasteiger charge is 2.22. The highest BCUT2D eigenvalue weighted by Crippen LogP contribution is 2.30. The minimum absolute atomic E-state index is 0.240. The van der Waals surface area contributed by atoms with Crippen LogP contribution >= 0.6 is 0 Å². The van der Waals surface area contributed by atoms with Gasteiger partial charge >= 0.3 is 0 Å². The van der Waals surface area contributed by atoms with E-state index in [1.165, 1.54) is 19.3 Å². The maximum absolute atomic E-state index is 11.6. The summed E-state index contributed by atoms with van der Waals surface area (Å²) >= 11 is 0. The van der Waals surface area contributed by atoms with Crippen molar-refractivity contribution in [1.82, 2.24) is 0 Å². The topological polar surface area (TPSA) is 43.1 Å². The van der Waals surface area contributed by atoms with Gasteiger partial charge in [0.1, 0.15) is 5.78 Å². The zero-order chi connectivity index (χ0) is 9.68. The quantitative estimate of drug-likeness (QED) is 0.685. The molecule has 0 aliphatic heterocycles. The summed E-state index contributed by atoms with van der Waals surface area (Å²) in [6, 6.07) is 0. The van der Waals surface area contributed by atoms with Crippen LogP contribution in [0.2, 0.25) is 0 Å². The van der Waals surface area contributed by atoms with E-state index in [1.54, 1.807) is 0 Å². The average Bonchev–Trinajstić information content (AvgIpc) is 2.06. The van der Waals surface area contributed by atoms with Crippen LogP contribution in [0.3, 0.4) is 0 Å². The second kappa shape index (κ2) is 5.38.